The molecule has 6 heteroatoms. The molecule has 1 atom stereocenters. The quantitative estimate of drug-likeness (QED) is 0.800. The number of amides is 3. The van der Waals surface area contributed by atoms with Crippen molar-refractivity contribution < 1.29 is 18.8 Å². The van der Waals surface area contributed by atoms with E-state index in [0.717, 1.165) is 0 Å². The monoisotopic (exact) mass is 292 g/mol. The van der Waals surface area contributed by atoms with Gasteiger partial charge in [0.1, 0.15) is 11.9 Å². The van der Waals surface area contributed by atoms with Gasteiger partial charge in [-0.3, -0.25) is 19.7 Å². The first-order chi connectivity index (χ1) is 10.1. The van der Waals surface area contributed by atoms with Crippen molar-refractivity contribution in [2.75, 3.05) is 0 Å². The van der Waals surface area contributed by atoms with Crippen molar-refractivity contribution in [3.8, 4) is 0 Å². The van der Waals surface area contributed by atoms with Crippen molar-refractivity contribution in [2.45, 2.75) is 39.3 Å². The molecule has 1 aromatic rings. The molecule has 2 aliphatic heterocycles. The van der Waals surface area contributed by atoms with Crippen LogP contribution in [-0.2, 0) is 16.1 Å². The summed E-state index contributed by atoms with van der Waals surface area (Å²) in [7, 11) is 0. The smallest absolute Gasteiger partial charge is 0.255 e. The standard InChI is InChI=1S/C13H11FN2O3.C2H6/c14-9-3-1-2-7-8(9)6-16(13(7)19)10-4-5-11(17)15-12(10)18;1-2/h1-3,10H,4-6H2,(H,15,17,18);1-2H3. The van der Waals surface area contributed by atoms with E-state index in [-0.39, 0.29) is 31.2 Å². The molecular formula is C15H17FN2O3. The lowest BCUT2D eigenvalue weighted by Crippen LogP contribution is -2.52. The number of nitrogens with one attached hydrogen (secondary N) is 1. The Labute approximate surface area is 122 Å². The second kappa shape index (κ2) is 6.03. The number of carbonyl (C=O) groups excluding carboxylic acids is 3. The van der Waals surface area contributed by atoms with Crippen molar-refractivity contribution >= 4 is 17.7 Å². The summed E-state index contributed by atoms with van der Waals surface area (Å²) in [6.45, 7) is 4.08. The molecule has 0 radical (unpaired) electrons. The number of piperidine rings is 1. The molecule has 0 spiro atoms. The maximum atomic E-state index is 13.6. The van der Waals surface area contributed by atoms with Crippen LogP contribution in [0.5, 0.6) is 0 Å². The van der Waals surface area contributed by atoms with Crippen molar-refractivity contribution in [3.63, 3.8) is 0 Å². The Morgan fingerprint density at radius 1 is 1.24 bits per heavy atom. The second-order valence-electron chi connectivity index (χ2n) is 4.67. The Morgan fingerprint density at radius 3 is 2.57 bits per heavy atom. The van der Waals surface area contributed by atoms with E-state index in [2.05, 4.69) is 5.32 Å². The summed E-state index contributed by atoms with van der Waals surface area (Å²) in [5.41, 5.74) is 0.613. The summed E-state index contributed by atoms with van der Waals surface area (Å²) >= 11 is 0. The van der Waals surface area contributed by atoms with Crippen LogP contribution in [-0.4, -0.2) is 28.7 Å². The number of benzene rings is 1. The molecule has 3 amide bonds. The molecule has 2 heterocycles. The van der Waals surface area contributed by atoms with Crippen LogP contribution in [0.15, 0.2) is 18.2 Å². The minimum Gasteiger partial charge on any atom is -0.322 e. The molecule has 1 N–H and O–H groups in total. The van der Waals surface area contributed by atoms with E-state index in [1.54, 1.807) is 6.07 Å². The average Bonchev–Trinajstić information content (AvgIpc) is 2.80. The van der Waals surface area contributed by atoms with Gasteiger partial charge in [-0.15, -0.1) is 0 Å². The fraction of sp³-hybridized carbons (Fsp3) is 0.400. The van der Waals surface area contributed by atoms with Crippen molar-refractivity contribution in [3.05, 3.63) is 35.1 Å². The van der Waals surface area contributed by atoms with Gasteiger partial charge in [-0.25, -0.2) is 4.39 Å². The predicted molar refractivity (Wildman–Crippen MR) is 73.8 cm³/mol. The van der Waals surface area contributed by atoms with Crippen LogP contribution in [0.1, 0.15) is 42.6 Å². The molecule has 21 heavy (non-hydrogen) atoms. The Hall–Kier alpha value is -2.24. The number of rotatable bonds is 1. The third-order valence-corrected chi connectivity index (χ3v) is 3.52. The highest BCUT2D eigenvalue weighted by molar-refractivity contribution is 6.05. The second-order valence-corrected chi connectivity index (χ2v) is 4.67. The number of imide groups is 1. The van der Waals surface area contributed by atoms with Gasteiger partial charge in [0.15, 0.2) is 0 Å². The highest BCUT2D eigenvalue weighted by Gasteiger charge is 2.39. The lowest BCUT2D eigenvalue weighted by atomic mass is 10.0. The van der Waals surface area contributed by atoms with E-state index in [0.29, 0.717) is 11.1 Å². The number of hydrogen-bond donors (Lipinski definition) is 1. The van der Waals surface area contributed by atoms with E-state index >= 15 is 0 Å². The van der Waals surface area contributed by atoms with Gasteiger partial charge in [0, 0.05) is 17.5 Å². The predicted octanol–water partition coefficient (Wildman–Crippen LogP) is 1.61. The van der Waals surface area contributed by atoms with Crippen molar-refractivity contribution in [1.82, 2.24) is 10.2 Å². The van der Waals surface area contributed by atoms with Crippen LogP contribution < -0.4 is 5.32 Å². The van der Waals surface area contributed by atoms with Gasteiger partial charge >= 0.3 is 0 Å². The molecule has 1 unspecified atom stereocenters. The van der Waals surface area contributed by atoms with Crippen LogP contribution in [0.2, 0.25) is 0 Å². The molecule has 2 aliphatic rings. The highest BCUT2D eigenvalue weighted by Crippen LogP contribution is 2.28. The first-order valence-electron chi connectivity index (χ1n) is 7.00. The molecule has 3 rings (SSSR count). The lowest BCUT2D eigenvalue weighted by Gasteiger charge is -2.29. The molecule has 112 valence electrons. The largest absolute Gasteiger partial charge is 0.322 e. The maximum absolute atomic E-state index is 13.6. The number of halogens is 1. The molecule has 1 aromatic carbocycles. The van der Waals surface area contributed by atoms with E-state index in [4.69, 9.17) is 0 Å². The van der Waals surface area contributed by atoms with E-state index in [1.165, 1.54) is 17.0 Å². The Morgan fingerprint density at radius 2 is 1.95 bits per heavy atom. The fourth-order valence-corrected chi connectivity index (χ4v) is 2.55. The number of fused-ring (bicyclic) bond motifs is 1. The molecule has 0 aromatic heterocycles. The van der Waals surface area contributed by atoms with E-state index < -0.39 is 17.8 Å². The zero-order chi connectivity index (χ0) is 15.6. The van der Waals surface area contributed by atoms with Gasteiger partial charge in [0.25, 0.3) is 5.91 Å². The maximum Gasteiger partial charge on any atom is 0.255 e. The van der Waals surface area contributed by atoms with Crippen molar-refractivity contribution in [2.24, 2.45) is 0 Å². The molecule has 1 saturated heterocycles. The van der Waals surface area contributed by atoms with Gasteiger partial charge < -0.3 is 4.90 Å². The first kappa shape index (κ1) is 15.2. The third-order valence-electron chi connectivity index (χ3n) is 3.52. The minimum absolute atomic E-state index is 0.0765. The third kappa shape index (κ3) is 2.66. The first-order valence-corrected chi connectivity index (χ1v) is 7.00. The van der Waals surface area contributed by atoms with Crippen LogP contribution in [0, 0.1) is 5.82 Å². The SMILES string of the molecule is CC.O=C1CCC(N2Cc3c(F)cccc3C2=O)C(=O)N1. The Kier molecular flexibility index (Phi) is 4.35. The van der Waals surface area contributed by atoms with Crippen LogP contribution in [0.4, 0.5) is 4.39 Å². The molecule has 5 nitrogen and oxygen atoms in total. The van der Waals surface area contributed by atoms with E-state index in [1.807, 2.05) is 13.8 Å². The summed E-state index contributed by atoms with van der Waals surface area (Å²) in [4.78, 5) is 36.3. The topological polar surface area (TPSA) is 66.5 Å². The zero-order valence-corrected chi connectivity index (χ0v) is 12.0. The molecule has 0 saturated carbocycles. The summed E-state index contributed by atoms with van der Waals surface area (Å²) < 4.78 is 13.6. The van der Waals surface area contributed by atoms with Gasteiger partial charge in [0.05, 0.1) is 6.54 Å². The molecular weight excluding hydrogens is 275 g/mol. The minimum atomic E-state index is -0.697. The summed E-state index contributed by atoms with van der Waals surface area (Å²) in [5.74, 6) is -1.63. The van der Waals surface area contributed by atoms with Crippen LogP contribution in [0.25, 0.3) is 0 Å². The number of carbonyl (C=O) groups is 3. The molecule has 0 bridgehead atoms. The normalized spacial score (nSPS) is 20.6. The molecule has 1 fully saturated rings. The number of hydrogen-bond acceptors (Lipinski definition) is 3. The van der Waals surface area contributed by atoms with Crippen LogP contribution >= 0.6 is 0 Å². The summed E-state index contributed by atoms with van der Waals surface area (Å²) in [5, 5.41) is 2.20. The highest BCUT2D eigenvalue weighted by atomic mass is 19.1. The van der Waals surface area contributed by atoms with Crippen LogP contribution in [0.3, 0.4) is 0 Å². The van der Waals surface area contributed by atoms with Gasteiger partial charge in [-0.2, -0.15) is 0 Å². The Balaban J connectivity index is 0.000000774. The van der Waals surface area contributed by atoms with Gasteiger partial charge in [0.2, 0.25) is 11.8 Å². The fourth-order valence-electron chi connectivity index (χ4n) is 2.55. The molecule has 0 aliphatic carbocycles. The van der Waals surface area contributed by atoms with E-state index in [9.17, 15) is 18.8 Å². The zero-order valence-electron chi connectivity index (χ0n) is 12.0. The number of nitrogens with zero attached hydrogens (tertiary/aromatic N) is 1. The summed E-state index contributed by atoms with van der Waals surface area (Å²) in [6, 6.07) is 3.62. The van der Waals surface area contributed by atoms with Gasteiger partial charge in [-0.05, 0) is 18.6 Å². The van der Waals surface area contributed by atoms with Gasteiger partial charge in [-0.1, -0.05) is 19.9 Å². The lowest BCUT2D eigenvalue weighted by molar-refractivity contribution is -0.136. The Bertz CT molecular complexity index is 601. The summed E-state index contributed by atoms with van der Waals surface area (Å²) in [6.07, 6.45) is 0.477. The average molecular weight is 292 g/mol. The van der Waals surface area contributed by atoms with Crippen molar-refractivity contribution in [1.29, 1.82) is 0 Å².